The Morgan fingerprint density at radius 1 is 1.11 bits per heavy atom. The Kier molecular flexibility index (Phi) is 11.0. The number of alkyl carbamates (subject to hydrolysis) is 1. The quantitative estimate of drug-likeness (QED) is 0.353. The van der Waals surface area contributed by atoms with Gasteiger partial charge in [0.2, 0.25) is 12.2 Å². The second-order valence-corrected chi connectivity index (χ2v) is 5.56. The molecule has 1 aromatic carbocycles. The van der Waals surface area contributed by atoms with Crippen LogP contribution < -0.4 is 10.1 Å². The first kappa shape index (κ1) is 22.5. The molecular weight excluding hydrogens is 366 g/mol. The van der Waals surface area contributed by atoms with Gasteiger partial charge in [0, 0.05) is 6.42 Å². The Morgan fingerprint density at radius 3 is 2.50 bits per heavy atom. The molecule has 148 valence electrons. The highest BCUT2D eigenvalue weighted by Gasteiger charge is 2.13. The van der Waals surface area contributed by atoms with Crippen LogP contribution >= 0.6 is 0 Å². The molecule has 9 heteroatoms. The second kappa shape index (κ2) is 13.6. The third-order valence-corrected chi connectivity index (χ3v) is 3.57. The highest BCUT2D eigenvalue weighted by Crippen LogP contribution is 2.13. The fraction of sp³-hybridized carbons (Fsp3) is 0.368. The number of nitrogens with one attached hydrogen (secondary N) is 1. The van der Waals surface area contributed by atoms with Crippen molar-refractivity contribution >= 4 is 30.4 Å². The van der Waals surface area contributed by atoms with Gasteiger partial charge in [0.05, 0.1) is 19.2 Å². The van der Waals surface area contributed by atoms with Crippen molar-refractivity contribution in [2.24, 2.45) is 9.98 Å². The van der Waals surface area contributed by atoms with Crippen LogP contribution in [0.15, 0.2) is 40.8 Å². The summed E-state index contributed by atoms with van der Waals surface area (Å²) in [5, 5.41) is 1.93. The summed E-state index contributed by atoms with van der Waals surface area (Å²) in [6, 6.07) is 6.15. The van der Waals surface area contributed by atoms with Gasteiger partial charge in [-0.2, -0.15) is 0 Å². The number of amides is 2. The predicted octanol–water partition coefficient (Wildman–Crippen LogP) is 3.16. The van der Waals surface area contributed by atoms with E-state index in [9.17, 15) is 19.2 Å². The highest BCUT2D eigenvalue weighted by molar-refractivity contribution is 5.88. The molecule has 0 heterocycles. The van der Waals surface area contributed by atoms with Gasteiger partial charge in [0.15, 0.2) is 0 Å². The van der Waals surface area contributed by atoms with Crippen LogP contribution in [0.25, 0.3) is 6.08 Å². The van der Waals surface area contributed by atoms with Crippen LogP contribution in [0.5, 0.6) is 5.75 Å². The summed E-state index contributed by atoms with van der Waals surface area (Å²) in [6.07, 6.45) is 4.80. The largest absolute Gasteiger partial charge is 0.449 e. The number of hydrogen-bond donors (Lipinski definition) is 1. The van der Waals surface area contributed by atoms with Gasteiger partial charge in [-0.15, -0.1) is 0 Å². The van der Waals surface area contributed by atoms with Gasteiger partial charge in [0.25, 0.3) is 0 Å². The molecule has 0 aliphatic carbocycles. The molecule has 0 fully saturated rings. The molecule has 0 aromatic heterocycles. The molecule has 0 spiro atoms. The third kappa shape index (κ3) is 9.82. The number of hydrogen-bond acceptors (Lipinski definition) is 8. The van der Waals surface area contributed by atoms with Crippen LogP contribution in [-0.2, 0) is 14.3 Å². The number of unbranched alkanes of at least 4 members (excludes halogenated alkanes) is 1. The lowest BCUT2D eigenvalue weighted by molar-refractivity contribution is 0.138. The van der Waals surface area contributed by atoms with Gasteiger partial charge >= 0.3 is 12.2 Å². The van der Waals surface area contributed by atoms with Gasteiger partial charge in [-0.25, -0.2) is 34.5 Å². The van der Waals surface area contributed by atoms with Crippen LogP contribution in [0.2, 0.25) is 0 Å². The molecule has 1 unspecified atom stereocenters. The molecule has 0 radical (unpaired) electrons. The number of nitrogens with zero attached hydrogens (tertiary/aromatic N) is 2. The van der Waals surface area contributed by atoms with Crippen molar-refractivity contribution in [3.8, 4) is 5.75 Å². The van der Waals surface area contributed by atoms with Crippen LogP contribution in [0.1, 0.15) is 31.2 Å². The number of imide groups is 1. The van der Waals surface area contributed by atoms with E-state index in [0.29, 0.717) is 25.8 Å². The van der Waals surface area contributed by atoms with Gasteiger partial charge in [-0.3, -0.25) is 0 Å². The van der Waals surface area contributed by atoms with Crippen LogP contribution in [0, 0.1) is 0 Å². The number of isocyanates is 2. The molecule has 1 aromatic rings. The van der Waals surface area contributed by atoms with E-state index in [4.69, 9.17) is 9.47 Å². The fourth-order valence-corrected chi connectivity index (χ4v) is 2.18. The third-order valence-electron chi connectivity index (χ3n) is 3.57. The zero-order chi connectivity index (χ0) is 20.6. The Bertz CT molecular complexity index is 749. The molecule has 0 bridgehead atoms. The van der Waals surface area contributed by atoms with Crippen LogP contribution in [-0.4, -0.2) is 43.5 Å². The Labute approximate surface area is 162 Å². The summed E-state index contributed by atoms with van der Waals surface area (Å²) in [6.45, 7) is 3.93. The van der Waals surface area contributed by atoms with Gasteiger partial charge in [0.1, 0.15) is 5.75 Å². The maximum Gasteiger partial charge on any atom is 0.422 e. The minimum absolute atomic E-state index is 0.0461. The van der Waals surface area contributed by atoms with Crippen molar-refractivity contribution in [2.75, 3.05) is 13.2 Å². The maximum absolute atomic E-state index is 11.6. The normalized spacial score (nSPS) is 10.6. The van der Waals surface area contributed by atoms with E-state index in [1.165, 1.54) is 12.2 Å². The van der Waals surface area contributed by atoms with E-state index in [1.54, 1.807) is 30.3 Å². The van der Waals surface area contributed by atoms with Crippen LogP contribution in [0.3, 0.4) is 0 Å². The molecule has 1 N–H and O–H groups in total. The molecule has 2 amide bonds. The number of rotatable bonds is 11. The Hall–Kier alpha value is -3.54. The molecule has 1 atom stereocenters. The van der Waals surface area contributed by atoms with E-state index >= 15 is 0 Å². The molecule has 28 heavy (non-hydrogen) atoms. The lowest BCUT2D eigenvalue weighted by Gasteiger charge is -2.11. The van der Waals surface area contributed by atoms with Crippen molar-refractivity contribution < 1.29 is 28.7 Å². The zero-order valence-electron chi connectivity index (χ0n) is 15.3. The number of carbonyl (C=O) groups excluding carboxylic acids is 4. The first-order chi connectivity index (χ1) is 13.6. The molecule has 0 aliphatic rings. The molecule has 1 rings (SSSR count). The number of ether oxygens (including phenoxy) is 2. The summed E-state index contributed by atoms with van der Waals surface area (Å²) in [7, 11) is 0. The van der Waals surface area contributed by atoms with Crippen molar-refractivity contribution in [3.63, 3.8) is 0 Å². The van der Waals surface area contributed by atoms with E-state index < -0.39 is 12.2 Å². The van der Waals surface area contributed by atoms with Crippen molar-refractivity contribution in [2.45, 2.75) is 31.7 Å². The molecule has 0 aliphatic heterocycles. The molecule has 9 nitrogen and oxygen atoms in total. The number of carbonyl (C=O) groups is 2. The summed E-state index contributed by atoms with van der Waals surface area (Å²) in [5.41, 5.74) is 0.858. The van der Waals surface area contributed by atoms with Gasteiger partial charge < -0.3 is 9.47 Å². The molecule has 0 saturated carbocycles. The number of benzene rings is 1. The van der Waals surface area contributed by atoms with Gasteiger partial charge in [-0.05, 0) is 37.0 Å². The lowest BCUT2D eigenvalue weighted by Crippen LogP contribution is -2.33. The molecule has 0 saturated heterocycles. The second-order valence-electron chi connectivity index (χ2n) is 5.56. The summed E-state index contributed by atoms with van der Waals surface area (Å²) < 4.78 is 9.83. The topological polar surface area (TPSA) is 123 Å². The van der Waals surface area contributed by atoms with E-state index in [2.05, 4.69) is 16.6 Å². The minimum Gasteiger partial charge on any atom is -0.449 e. The smallest absolute Gasteiger partial charge is 0.422 e. The van der Waals surface area contributed by atoms with Crippen molar-refractivity contribution in [3.05, 3.63) is 36.4 Å². The van der Waals surface area contributed by atoms with E-state index in [-0.39, 0.29) is 24.8 Å². The Balaban J connectivity index is 2.30. The van der Waals surface area contributed by atoms with E-state index in [0.717, 1.165) is 5.56 Å². The SMILES string of the molecule is C=Cc1ccc(OC(=O)NC(=O)OCCC(CCCCN=C=O)N=C=O)cc1. The van der Waals surface area contributed by atoms with Crippen molar-refractivity contribution in [1.29, 1.82) is 0 Å². The zero-order valence-corrected chi connectivity index (χ0v) is 15.3. The first-order valence-electron chi connectivity index (χ1n) is 8.57. The average molecular weight is 387 g/mol. The standard InChI is InChI=1S/C19H21N3O6/c1-2-15-6-8-17(9-7-15)28-19(26)22-18(25)27-12-10-16(21-14-24)5-3-4-11-20-13-23/h2,6-9,16H,1,3-5,10-12H2,(H,22,25,26). The summed E-state index contributed by atoms with van der Waals surface area (Å²) >= 11 is 0. The van der Waals surface area contributed by atoms with E-state index in [1.807, 2.05) is 5.32 Å². The minimum atomic E-state index is -0.977. The molecular formula is C19H21N3O6. The first-order valence-corrected chi connectivity index (χ1v) is 8.57. The monoisotopic (exact) mass is 387 g/mol. The van der Waals surface area contributed by atoms with Gasteiger partial charge in [-0.1, -0.05) is 24.8 Å². The van der Waals surface area contributed by atoms with Crippen LogP contribution in [0.4, 0.5) is 9.59 Å². The average Bonchev–Trinajstić information content (AvgIpc) is 2.68. The lowest BCUT2D eigenvalue weighted by atomic mass is 10.1. The maximum atomic E-state index is 11.6. The summed E-state index contributed by atoms with van der Waals surface area (Å²) in [4.78, 5) is 50.7. The van der Waals surface area contributed by atoms with Crippen molar-refractivity contribution in [1.82, 2.24) is 5.32 Å². The predicted molar refractivity (Wildman–Crippen MR) is 100 cm³/mol. The fourth-order valence-electron chi connectivity index (χ4n) is 2.18. The Morgan fingerprint density at radius 2 is 1.86 bits per heavy atom. The number of aliphatic imine (C=N–C) groups is 2. The summed E-state index contributed by atoms with van der Waals surface area (Å²) in [5.74, 6) is 0.259. The highest BCUT2D eigenvalue weighted by atomic mass is 16.6.